The standard InChI is InChI=1S/C9H13N5O/c1-3-7(6(2)15)8-4-10-5-9-11-12-13-14(8)9/h4-7,15H,3H2,1-2H3. The summed E-state index contributed by atoms with van der Waals surface area (Å²) < 4.78 is 1.62. The quantitative estimate of drug-likeness (QED) is 0.788. The van der Waals surface area contributed by atoms with Crippen LogP contribution in [0.15, 0.2) is 12.4 Å². The molecule has 2 aromatic rings. The van der Waals surface area contributed by atoms with E-state index in [0.717, 1.165) is 12.1 Å². The van der Waals surface area contributed by atoms with E-state index in [2.05, 4.69) is 20.5 Å². The van der Waals surface area contributed by atoms with Crippen molar-refractivity contribution < 1.29 is 5.11 Å². The van der Waals surface area contributed by atoms with Crippen molar-refractivity contribution in [1.82, 2.24) is 25.0 Å². The maximum atomic E-state index is 9.65. The Morgan fingerprint density at radius 1 is 1.47 bits per heavy atom. The van der Waals surface area contributed by atoms with Gasteiger partial charge in [0.05, 0.1) is 18.0 Å². The zero-order chi connectivity index (χ0) is 10.8. The smallest absolute Gasteiger partial charge is 0.197 e. The van der Waals surface area contributed by atoms with E-state index >= 15 is 0 Å². The molecule has 0 aliphatic heterocycles. The van der Waals surface area contributed by atoms with Crippen LogP contribution >= 0.6 is 0 Å². The predicted octanol–water partition coefficient (Wildman–Crippen LogP) is 0.394. The number of aromatic nitrogens is 5. The molecule has 0 aliphatic carbocycles. The molecule has 6 nitrogen and oxygen atoms in total. The van der Waals surface area contributed by atoms with E-state index in [0.29, 0.717) is 5.65 Å². The lowest BCUT2D eigenvalue weighted by atomic mass is 9.97. The van der Waals surface area contributed by atoms with Crippen molar-refractivity contribution in [3.8, 4) is 0 Å². The molecule has 0 aromatic carbocycles. The third kappa shape index (κ3) is 1.68. The summed E-state index contributed by atoms with van der Waals surface area (Å²) in [6, 6.07) is 0. The molecule has 15 heavy (non-hydrogen) atoms. The second kappa shape index (κ2) is 3.90. The van der Waals surface area contributed by atoms with E-state index in [-0.39, 0.29) is 5.92 Å². The Hall–Kier alpha value is -1.56. The molecule has 2 aromatic heterocycles. The van der Waals surface area contributed by atoms with Crippen LogP contribution in [0.1, 0.15) is 31.9 Å². The van der Waals surface area contributed by atoms with Crippen molar-refractivity contribution in [3.63, 3.8) is 0 Å². The van der Waals surface area contributed by atoms with Gasteiger partial charge in [-0.05, 0) is 23.8 Å². The van der Waals surface area contributed by atoms with Gasteiger partial charge in [-0.3, -0.25) is 4.98 Å². The van der Waals surface area contributed by atoms with E-state index in [1.807, 2.05) is 6.92 Å². The fourth-order valence-electron chi connectivity index (χ4n) is 1.74. The molecule has 0 fully saturated rings. The van der Waals surface area contributed by atoms with Gasteiger partial charge in [-0.25, -0.2) is 0 Å². The Bertz CT molecular complexity index is 452. The van der Waals surface area contributed by atoms with Crippen molar-refractivity contribution in [3.05, 3.63) is 18.1 Å². The number of rotatable bonds is 3. The predicted molar refractivity (Wildman–Crippen MR) is 53.3 cm³/mol. The van der Waals surface area contributed by atoms with Gasteiger partial charge >= 0.3 is 0 Å². The molecule has 0 saturated carbocycles. The lowest BCUT2D eigenvalue weighted by molar-refractivity contribution is 0.156. The van der Waals surface area contributed by atoms with Gasteiger partial charge < -0.3 is 5.11 Å². The second-order valence-electron chi connectivity index (χ2n) is 3.54. The van der Waals surface area contributed by atoms with E-state index in [9.17, 15) is 5.11 Å². The number of aliphatic hydroxyl groups is 1. The third-order valence-electron chi connectivity index (χ3n) is 2.54. The number of aliphatic hydroxyl groups excluding tert-OH is 1. The summed E-state index contributed by atoms with van der Waals surface area (Å²) in [4.78, 5) is 4.06. The Kier molecular flexibility index (Phi) is 2.59. The molecule has 0 bridgehead atoms. The number of hydrogen-bond donors (Lipinski definition) is 1. The zero-order valence-electron chi connectivity index (χ0n) is 8.70. The summed E-state index contributed by atoms with van der Waals surface area (Å²) in [5.41, 5.74) is 1.45. The fraction of sp³-hybridized carbons (Fsp3) is 0.556. The second-order valence-corrected chi connectivity index (χ2v) is 3.54. The van der Waals surface area contributed by atoms with Crippen LogP contribution in [0.25, 0.3) is 5.65 Å². The summed E-state index contributed by atoms with van der Waals surface area (Å²) in [7, 11) is 0. The van der Waals surface area contributed by atoms with Crippen molar-refractivity contribution in [1.29, 1.82) is 0 Å². The van der Waals surface area contributed by atoms with Gasteiger partial charge in [-0.15, -0.1) is 5.10 Å². The fourth-order valence-corrected chi connectivity index (χ4v) is 1.74. The summed E-state index contributed by atoms with van der Waals surface area (Å²) in [5, 5.41) is 20.9. The van der Waals surface area contributed by atoms with Gasteiger partial charge in [-0.1, -0.05) is 6.92 Å². The van der Waals surface area contributed by atoms with Gasteiger partial charge in [0.15, 0.2) is 5.65 Å². The number of nitrogens with zero attached hydrogens (tertiary/aromatic N) is 5. The summed E-state index contributed by atoms with van der Waals surface area (Å²) in [6.45, 7) is 3.78. The highest BCUT2D eigenvalue weighted by molar-refractivity contribution is 5.33. The monoisotopic (exact) mass is 207 g/mol. The maximum absolute atomic E-state index is 9.65. The minimum atomic E-state index is -0.438. The van der Waals surface area contributed by atoms with Crippen LogP contribution < -0.4 is 0 Å². The maximum Gasteiger partial charge on any atom is 0.197 e. The van der Waals surface area contributed by atoms with Gasteiger partial charge in [0.25, 0.3) is 0 Å². The molecule has 0 amide bonds. The molecule has 2 heterocycles. The molecule has 0 saturated heterocycles. The minimum absolute atomic E-state index is 0.00435. The van der Waals surface area contributed by atoms with Gasteiger partial charge in [-0.2, -0.15) is 4.52 Å². The minimum Gasteiger partial charge on any atom is -0.393 e. The average Bonchev–Trinajstić information content (AvgIpc) is 2.66. The molecule has 80 valence electrons. The summed E-state index contributed by atoms with van der Waals surface area (Å²) in [6.07, 6.45) is 3.67. The highest BCUT2D eigenvalue weighted by atomic mass is 16.3. The summed E-state index contributed by atoms with van der Waals surface area (Å²) in [5.74, 6) is 0.00435. The molecule has 6 heteroatoms. The van der Waals surface area contributed by atoms with Crippen LogP contribution in [0.3, 0.4) is 0 Å². The Morgan fingerprint density at radius 2 is 2.27 bits per heavy atom. The van der Waals surface area contributed by atoms with Crippen molar-refractivity contribution in [2.75, 3.05) is 0 Å². The lowest BCUT2D eigenvalue weighted by Crippen LogP contribution is -2.17. The number of fused-ring (bicyclic) bond motifs is 1. The molecular formula is C9H13N5O. The molecule has 1 N–H and O–H groups in total. The first-order valence-corrected chi connectivity index (χ1v) is 4.94. The van der Waals surface area contributed by atoms with Gasteiger partial charge in [0.1, 0.15) is 0 Å². The third-order valence-corrected chi connectivity index (χ3v) is 2.54. The van der Waals surface area contributed by atoms with E-state index < -0.39 is 6.10 Å². The molecule has 2 rings (SSSR count). The highest BCUT2D eigenvalue weighted by Crippen LogP contribution is 2.22. The lowest BCUT2D eigenvalue weighted by Gasteiger charge is -2.17. The van der Waals surface area contributed by atoms with Crippen LogP contribution in [-0.4, -0.2) is 36.2 Å². The first-order chi connectivity index (χ1) is 7.24. The molecular weight excluding hydrogens is 194 g/mol. The van der Waals surface area contributed by atoms with E-state index in [1.165, 1.54) is 0 Å². The largest absolute Gasteiger partial charge is 0.393 e. The van der Waals surface area contributed by atoms with Crippen molar-refractivity contribution in [2.45, 2.75) is 32.3 Å². The first kappa shape index (κ1) is 9.97. The van der Waals surface area contributed by atoms with Crippen LogP contribution in [0, 0.1) is 0 Å². The van der Waals surface area contributed by atoms with E-state index in [4.69, 9.17) is 0 Å². The molecule has 0 spiro atoms. The molecule has 0 radical (unpaired) electrons. The van der Waals surface area contributed by atoms with Crippen molar-refractivity contribution >= 4 is 5.65 Å². The van der Waals surface area contributed by atoms with Crippen LogP contribution in [-0.2, 0) is 0 Å². The SMILES string of the molecule is CCC(c1cncc2nnnn12)C(C)O. The summed E-state index contributed by atoms with van der Waals surface area (Å²) >= 11 is 0. The molecule has 2 atom stereocenters. The Labute approximate surface area is 87.0 Å². The van der Waals surface area contributed by atoms with Crippen LogP contribution in [0.4, 0.5) is 0 Å². The molecule has 0 aliphatic rings. The molecule has 2 unspecified atom stereocenters. The number of hydrogen-bond acceptors (Lipinski definition) is 5. The first-order valence-electron chi connectivity index (χ1n) is 4.94. The Morgan fingerprint density at radius 3 is 2.93 bits per heavy atom. The topological polar surface area (TPSA) is 76.2 Å². The normalized spacial score (nSPS) is 15.4. The van der Waals surface area contributed by atoms with E-state index in [1.54, 1.807) is 23.8 Å². The highest BCUT2D eigenvalue weighted by Gasteiger charge is 2.19. The van der Waals surface area contributed by atoms with Crippen LogP contribution in [0.5, 0.6) is 0 Å². The Balaban J connectivity index is 2.54. The van der Waals surface area contributed by atoms with Gasteiger partial charge in [0.2, 0.25) is 0 Å². The number of tetrazole rings is 1. The van der Waals surface area contributed by atoms with Gasteiger partial charge in [0, 0.05) is 12.1 Å². The van der Waals surface area contributed by atoms with Crippen LogP contribution in [0.2, 0.25) is 0 Å². The average molecular weight is 207 g/mol. The van der Waals surface area contributed by atoms with Crippen molar-refractivity contribution in [2.24, 2.45) is 0 Å². The zero-order valence-corrected chi connectivity index (χ0v) is 8.70.